The largest absolute Gasteiger partial charge is 0.481 e. The first-order valence-electron chi connectivity index (χ1n) is 11.1. The molecule has 0 bridgehead atoms. The van der Waals surface area contributed by atoms with E-state index in [0.717, 1.165) is 52.0 Å². The van der Waals surface area contributed by atoms with E-state index in [9.17, 15) is 9.90 Å². The number of aromatic amines is 1. The molecule has 4 heterocycles. The number of hydrogen-bond acceptors (Lipinski definition) is 5. The van der Waals surface area contributed by atoms with Gasteiger partial charge in [-0.3, -0.25) is 9.20 Å². The van der Waals surface area contributed by atoms with Crippen molar-refractivity contribution in [1.82, 2.24) is 19.4 Å². The second-order valence-corrected chi connectivity index (χ2v) is 9.48. The van der Waals surface area contributed by atoms with Gasteiger partial charge in [0.1, 0.15) is 22.9 Å². The Hall–Kier alpha value is -3.65. The van der Waals surface area contributed by atoms with E-state index in [0.29, 0.717) is 18.7 Å². The molecule has 0 aliphatic heterocycles. The Balaban J connectivity index is 1.48. The maximum Gasteiger partial charge on any atom is 0.306 e. The van der Waals surface area contributed by atoms with Gasteiger partial charge in [0.15, 0.2) is 0 Å². The number of nitrogens with one attached hydrogen (secondary N) is 1. The van der Waals surface area contributed by atoms with E-state index in [1.54, 1.807) is 17.5 Å². The quantitative estimate of drug-likeness (QED) is 0.328. The molecule has 33 heavy (non-hydrogen) atoms. The highest BCUT2D eigenvalue weighted by Crippen LogP contribution is 2.39. The van der Waals surface area contributed by atoms with Crippen LogP contribution in [0.3, 0.4) is 0 Å². The monoisotopic (exact) mass is 457 g/mol. The van der Waals surface area contributed by atoms with Gasteiger partial charge in [0.2, 0.25) is 0 Å². The van der Waals surface area contributed by atoms with Gasteiger partial charge in [0, 0.05) is 29.3 Å². The fourth-order valence-corrected chi connectivity index (χ4v) is 5.76. The van der Waals surface area contributed by atoms with Crippen LogP contribution in [-0.4, -0.2) is 30.4 Å². The number of hydrogen-bond donors (Lipinski definition) is 3. The fourth-order valence-electron chi connectivity index (χ4n) is 5.10. The lowest BCUT2D eigenvalue weighted by Gasteiger charge is -2.25. The van der Waals surface area contributed by atoms with Crippen molar-refractivity contribution in [2.45, 2.75) is 31.6 Å². The van der Waals surface area contributed by atoms with Gasteiger partial charge in [0.05, 0.1) is 17.1 Å². The van der Waals surface area contributed by atoms with Gasteiger partial charge < -0.3 is 15.8 Å². The number of nitrogens with zero attached hydrogens (tertiary/aromatic N) is 3. The number of nitrogen functional groups attached to an aromatic ring is 1. The molecule has 0 spiro atoms. The number of nitrogens with two attached hydrogens (primary N) is 1. The first-order chi connectivity index (χ1) is 16.1. The van der Waals surface area contributed by atoms with Crippen molar-refractivity contribution < 1.29 is 9.90 Å². The highest BCUT2D eigenvalue weighted by Gasteiger charge is 2.30. The molecule has 4 N–H and O–H groups in total. The highest BCUT2D eigenvalue weighted by atomic mass is 32.1. The van der Waals surface area contributed by atoms with Crippen LogP contribution in [0.4, 0.5) is 5.82 Å². The Bertz CT molecular complexity index is 1480. The van der Waals surface area contributed by atoms with Gasteiger partial charge in [-0.1, -0.05) is 18.2 Å². The number of H-pyrrole nitrogens is 1. The van der Waals surface area contributed by atoms with E-state index >= 15 is 0 Å². The van der Waals surface area contributed by atoms with Crippen LogP contribution in [0.2, 0.25) is 0 Å². The molecule has 1 aromatic carbocycles. The van der Waals surface area contributed by atoms with E-state index in [2.05, 4.69) is 51.1 Å². The van der Waals surface area contributed by atoms with Crippen LogP contribution >= 0.6 is 11.3 Å². The van der Waals surface area contributed by atoms with E-state index in [4.69, 9.17) is 10.7 Å². The second kappa shape index (κ2) is 7.74. The summed E-state index contributed by atoms with van der Waals surface area (Å²) in [6, 6.07) is 10.5. The molecule has 0 saturated heterocycles. The minimum absolute atomic E-state index is 0.189. The Kier molecular flexibility index (Phi) is 4.69. The molecule has 5 aromatic rings. The lowest BCUT2D eigenvalue weighted by molar-refractivity contribution is -0.142. The van der Waals surface area contributed by atoms with Crippen LogP contribution in [0.1, 0.15) is 37.4 Å². The van der Waals surface area contributed by atoms with Crippen LogP contribution in [-0.2, 0) is 4.79 Å². The third-order valence-electron chi connectivity index (χ3n) is 6.80. The van der Waals surface area contributed by atoms with Crippen molar-refractivity contribution in [2.24, 2.45) is 5.92 Å². The van der Waals surface area contributed by atoms with E-state index in [-0.39, 0.29) is 11.8 Å². The molecule has 8 heteroatoms. The first kappa shape index (κ1) is 20.0. The van der Waals surface area contributed by atoms with Gasteiger partial charge in [-0.05, 0) is 54.1 Å². The van der Waals surface area contributed by atoms with Crippen LogP contribution < -0.4 is 5.73 Å². The Morgan fingerprint density at radius 3 is 2.82 bits per heavy atom. The number of aromatic nitrogens is 4. The van der Waals surface area contributed by atoms with E-state index in [1.165, 1.54) is 5.56 Å². The van der Waals surface area contributed by atoms with Crippen LogP contribution in [0.15, 0.2) is 53.5 Å². The van der Waals surface area contributed by atoms with Gasteiger partial charge in [-0.15, -0.1) is 0 Å². The lowest BCUT2D eigenvalue weighted by Crippen LogP contribution is -2.21. The molecule has 1 aliphatic carbocycles. The lowest BCUT2D eigenvalue weighted by atomic mass is 9.81. The zero-order valence-corrected chi connectivity index (χ0v) is 18.7. The third kappa shape index (κ3) is 3.29. The number of thiophene rings is 1. The molecule has 0 unspecified atom stereocenters. The summed E-state index contributed by atoms with van der Waals surface area (Å²) in [5.74, 6) is 0.587. The average molecular weight is 458 g/mol. The number of carbonyl (C=O) groups is 1. The van der Waals surface area contributed by atoms with Gasteiger partial charge in [-0.25, -0.2) is 9.97 Å². The smallest absolute Gasteiger partial charge is 0.306 e. The molecule has 0 radical (unpaired) electrons. The Morgan fingerprint density at radius 1 is 1.21 bits per heavy atom. The predicted molar refractivity (Wildman–Crippen MR) is 130 cm³/mol. The summed E-state index contributed by atoms with van der Waals surface area (Å²) in [4.78, 5) is 24.4. The fraction of sp³-hybridized carbons (Fsp3) is 0.240. The number of anilines is 1. The van der Waals surface area contributed by atoms with Crippen molar-refractivity contribution >= 4 is 39.5 Å². The summed E-state index contributed by atoms with van der Waals surface area (Å²) in [6.07, 6.45) is 6.53. The zero-order valence-electron chi connectivity index (χ0n) is 17.9. The Labute approximate surface area is 193 Å². The molecule has 0 amide bonds. The number of carboxylic acids is 1. The van der Waals surface area contributed by atoms with Crippen molar-refractivity contribution in [2.75, 3.05) is 5.73 Å². The van der Waals surface area contributed by atoms with Gasteiger partial charge in [-0.2, -0.15) is 11.3 Å². The summed E-state index contributed by atoms with van der Waals surface area (Å²) in [7, 11) is 0. The molecule has 166 valence electrons. The molecule has 4 aromatic heterocycles. The number of imidazole rings is 1. The summed E-state index contributed by atoms with van der Waals surface area (Å²) in [6.45, 7) is 0. The molecular weight excluding hydrogens is 434 g/mol. The summed E-state index contributed by atoms with van der Waals surface area (Å²) >= 11 is 1.68. The van der Waals surface area contributed by atoms with E-state index < -0.39 is 5.97 Å². The molecule has 7 nitrogen and oxygen atoms in total. The highest BCUT2D eigenvalue weighted by molar-refractivity contribution is 7.08. The van der Waals surface area contributed by atoms with Crippen LogP contribution in [0.5, 0.6) is 0 Å². The molecule has 6 rings (SSSR count). The van der Waals surface area contributed by atoms with Crippen molar-refractivity contribution in [3.8, 4) is 22.5 Å². The van der Waals surface area contributed by atoms with Crippen LogP contribution in [0.25, 0.3) is 38.9 Å². The Morgan fingerprint density at radius 2 is 2.06 bits per heavy atom. The standard InChI is InChI=1S/C25H23N5O2S/c26-23-22-21(19-12-16-2-1-3-18(20(16)28-19)17-8-11-33-13-17)29-24(30(22)10-9-27-23)14-4-6-15(7-5-14)25(31)32/h1-3,8-15,28H,4-7H2,(H2,26,27)(H,31,32). The number of benzene rings is 1. The number of carboxylic acid groups (broad SMARTS) is 1. The normalized spacial score (nSPS) is 18.8. The number of rotatable bonds is 4. The minimum atomic E-state index is -0.699. The van der Waals surface area contributed by atoms with Gasteiger partial charge >= 0.3 is 5.97 Å². The maximum atomic E-state index is 11.4. The van der Waals surface area contributed by atoms with Crippen molar-refractivity contribution in [3.63, 3.8) is 0 Å². The molecular formula is C25H23N5O2S. The molecule has 1 saturated carbocycles. The predicted octanol–water partition coefficient (Wildman–Crippen LogP) is 5.55. The number of fused-ring (bicyclic) bond motifs is 2. The number of aliphatic carboxylic acids is 1. The maximum absolute atomic E-state index is 11.4. The topological polar surface area (TPSA) is 109 Å². The average Bonchev–Trinajstić information content (AvgIpc) is 3.57. The summed E-state index contributed by atoms with van der Waals surface area (Å²) in [5.41, 5.74) is 12.2. The summed E-state index contributed by atoms with van der Waals surface area (Å²) < 4.78 is 2.04. The molecule has 1 aliphatic rings. The first-order valence-corrected chi connectivity index (χ1v) is 12.0. The molecule has 1 fully saturated rings. The second-order valence-electron chi connectivity index (χ2n) is 8.70. The minimum Gasteiger partial charge on any atom is -0.481 e. The van der Waals surface area contributed by atoms with Gasteiger partial charge in [0.25, 0.3) is 0 Å². The SMILES string of the molecule is Nc1nccn2c(C3CCC(C(=O)O)CC3)nc(-c3cc4cccc(-c5ccsc5)c4[nH]3)c12. The van der Waals surface area contributed by atoms with Crippen molar-refractivity contribution in [1.29, 1.82) is 0 Å². The van der Waals surface area contributed by atoms with E-state index in [1.807, 2.05) is 10.6 Å². The summed E-state index contributed by atoms with van der Waals surface area (Å²) in [5, 5.41) is 14.7. The third-order valence-corrected chi connectivity index (χ3v) is 7.48. The molecule has 0 atom stereocenters. The number of para-hydroxylation sites is 1. The van der Waals surface area contributed by atoms with Crippen LogP contribution in [0, 0.1) is 5.92 Å². The zero-order chi connectivity index (χ0) is 22.5. The van der Waals surface area contributed by atoms with Crippen molar-refractivity contribution in [3.05, 3.63) is 59.3 Å².